The highest BCUT2D eigenvalue weighted by Crippen LogP contribution is 1.92. The maximum absolute atomic E-state index is 10.9. The number of hydrogen-bond donors (Lipinski definition) is 0. The third kappa shape index (κ3) is 5.29. The Bertz CT molecular complexity index is 235. The third-order valence-electron chi connectivity index (χ3n) is 1.46. The zero-order chi connectivity index (χ0) is 11.0. The summed E-state index contributed by atoms with van der Waals surface area (Å²) >= 11 is 0. The number of methoxy groups -OCH3 is 1. The van der Waals surface area contributed by atoms with Crippen molar-refractivity contribution in [2.45, 2.75) is 26.7 Å². The van der Waals surface area contributed by atoms with Crippen molar-refractivity contribution in [3.63, 3.8) is 0 Å². The summed E-state index contributed by atoms with van der Waals surface area (Å²) < 4.78 is 9.07. The third-order valence-corrected chi connectivity index (χ3v) is 1.46. The van der Waals surface area contributed by atoms with Crippen LogP contribution in [0.1, 0.15) is 26.7 Å². The molecule has 1 amide bonds. The summed E-state index contributed by atoms with van der Waals surface area (Å²) in [7, 11) is 1.23. The first-order valence-electron chi connectivity index (χ1n) is 4.42. The van der Waals surface area contributed by atoms with E-state index in [-0.39, 0.29) is 5.71 Å². The Hall–Kier alpha value is -1.39. The molecular formula is C9H15NO4. The van der Waals surface area contributed by atoms with Crippen LogP contribution in [0, 0.1) is 0 Å². The molecule has 80 valence electrons. The first kappa shape index (κ1) is 12.6. The predicted octanol–water partition coefficient (Wildman–Crippen LogP) is 1.56. The lowest BCUT2D eigenvalue weighted by atomic mass is 10.4. The molecule has 0 aromatic rings. The Labute approximate surface area is 83.1 Å². The van der Waals surface area contributed by atoms with E-state index in [4.69, 9.17) is 4.74 Å². The summed E-state index contributed by atoms with van der Waals surface area (Å²) in [6.45, 7) is 3.71. The quantitative estimate of drug-likeness (QED) is 0.393. The lowest BCUT2D eigenvalue weighted by Gasteiger charge is -2.00. The fourth-order valence-electron chi connectivity index (χ4n) is 0.666. The minimum Gasteiger partial charge on any atom is -0.465 e. The summed E-state index contributed by atoms with van der Waals surface area (Å²) in [5.74, 6) is -0.627. The van der Waals surface area contributed by atoms with E-state index in [0.29, 0.717) is 6.61 Å². The molecule has 5 nitrogen and oxygen atoms in total. The number of carbonyl (C=O) groups excluding carboxylic acids is 2. The Kier molecular flexibility index (Phi) is 6.36. The number of amides is 1. The maximum atomic E-state index is 10.9. The summed E-state index contributed by atoms with van der Waals surface area (Å²) in [6, 6.07) is 0. The summed E-state index contributed by atoms with van der Waals surface area (Å²) in [6.07, 6.45) is 0.979. The molecule has 0 unspecified atom stereocenters. The highest BCUT2D eigenvalue weighted by Gasteiger charge is 2.08. The van der Waals surface area contributed by atoms with E-state index in [1.165, 1.54) is 14.0 Å². The number of rotatable bonds is 4. The van der Waals surface area contributed by atoms with Gasteiger partial charge in [-0.15, -0.1) is 0 Å². The molecule has 0 N–H and O–H groups in total. The van der Waals surface area contributed by atoms with Crippen molar-refractivity contribution in [2.75, 3.05) is 13.7 Å². The van der Waals surface area contributed by atoms with Gasteiger partial charge >= 0.3 is 12.1 Å². The SMILES string of the molecule is CCCCOC(=O)N=C(C)C(=O)OC. The number of carbonyl (C=O) groups is 2. The van der Waals surface area contributed by atoms with Gasteiger partial charge in [-0.05, 0) is 13.3 Å². The van der Waals surface area contributed by atoms with Crippen molar-refractivity contribution in [1.29, 1.82) is 0 Å². The monoisotopic (exact) mass is 201 g/mol. The van der Waals surface area contributed by atoms with Crippen molar-refractivity contribution in [3.05, 3.63) is 0 Å². The summed E-state index contributed by atoms with van der Waals surface area (Å²) in [5, 5.41) is 0. The zero-order valence-electron chi connectivity index (χ0n) is 8.70. The second-order valence-corrected chi connectivity index (χ2v) is 2.66. The molecule has 0 aromatic carbocycles. The zero-order valence-corrected chi connectivity index (χ0v) is 8.70. The Morgan fingerprint density at radius 2 is 2.00 bits per heavy atom. The molecule has 0 atom stereocenters. The molecule has 0 saturated heterocycles. The van der Waals surface area contributed by atoms with E-state index in [2.05, 4.69) is 9.73 Å². The minimum absolute atomic E-state index is 0.00556. The number of unbranched alkanes of at least 4 members (excludes halogenated alkanes) is 1. The molecule has 0 rings (SSSR count). The van der Waals surface area contributed by atoms with Crippen LogP contribution in [0.25, 0.3) is 0 Å². The van der Waals surface area contributed by atoms with Crippen LogP contribution in [0.4, 0.5) is 4.79 Å². The van der Waals surface area contributed by atoms with Gasteiger partial charge in [-0.25, -0.2) is 9.59 Å². The molecule has 0 saturated carbocycles. The summed E-state index contributed by atoms with van der Waals surface area (Å²) in [5.41, 5.74) is -0.00556. The van der Waals surface area contributed by atoms with Crippen molar-refractivity contribution < 1.29 is 19.1 Å². The van der Waals surface area contributed by atoms with E-state index in [1.54, 1.807) is 0 Å². The molecule has 0 aliphatic carbocycles. The van der Waals surface area contributed by atoms with Gasteiger partial charge < -0.3 is 9.47 Å². The molecule has 0 spiro atoms. The van der Waals surface area contributed by atoms with Crippen LogP contribution in [-0.4, -0.2) is 31.5 Å². The van der Waals surface area contributed by atoms with Gasteiger partial charge in [0, 0.05) is 0 Å². The van der Waals surface area contributed by atoms with Crippen LogP contribution in [0.2, 0.25) is 0 Å². The highest BCUT2D eigenvalue weighted by atomic mass is 16.5. The van der Waals surface area contributed by atoms with E-state index in [9.17, 15) is 9.59 Å². The Morgan fingerprint density at radius 3 is 2.50 bits per heavy atom. The second-order valence-electron chi connectivity index (χ2n) is 2.66. The molecule has 0 fully saturated rings. The minimum atomic E-state index is -0.749. The predicted molar refractivity (Wildman–Crippen MR) is 51.4 cm³/mol. The van der Waals surface area contributed by atoms with Gasteiger partial charge in [-0.1, -0.05) is 13.3 Å². The molecule has 0 aliphatic rings. The average molecular weight is 201 g/mol. The van der Waals surface area contributed by atoms with Gasteiger partial charge in [0.05, 0.1) is 13.7 Å². The first-order chi connectivity index (χ1) is 6.61. The molecule has 5 heteroatoms. The van der Waals surface area contributed by atoms with Gasteiger partial charge in [0.1, 0.15) is 5.71 Å². The molecular weight excluding hydrogens is 186 g/mol. The topological polar surface area (TPSA) is 65.0 Å². The normalized spacial score (nSPS) is 10.9. The standard InChI is InChI=1S/C9H15NO4/c1-4-5-6-14-9(12)10-7(2)8(11)13-3/h4-6H2,1-3H3. The highest BCUT2D eigenvalue weighted by molar-refractivity contribution is 6.36. The molecule has 0 radical (unpaired) electrons. The smallest absolute Gasteiger partial charge is 0.434 e. The van der Waals surface area contributed by atoms with Crippen molar-refractivity contribution >= 4 is 17.8 Å². The lowest BCUT2D eigenvalue weighted by molar-refractivity contribution is -0.132. The lowest BCUT2D eigenvalue weighted by Crippen LogP contribution is -2.14. The Balaban J connectivity index is 3.96. The van der Waals surface area contributed by atoms with Crippen LogP contribution in [-0.2, 0) is 14.3 Å². The number of hydrogen-bond acceptors (Lipinski definition) is 4. The van der Waals surface area contributed by atoms with E-state index in [1.807, 2.05) is 6.92 Å². The molecule has 0 heterocycles. The average Bonchev–Trinajstić information content (AvgIpc) is 2.16. The molecule has 0 aromatic heterocycles. The van der Waals surface area contributed by atoms with E-state index in [0.717, 1.165) is 12.8 Å². The summed E-state index contributed by atoms with van der Waals surface area (Å²) in [4.78, 5) is 25.1. The van der Waals surface area contributed by atoms with Crippen molar-refractivity contribution in [3.8, 4) is 0 Å². The number of aliphatic imine (C=N–C) groups is 1. The first-order valence-corrected chi connectivity index (χ1v) is 4.42. The molecule has 0 bridgehead atoms. The maximum Gasteiger partial charge on any atom is 0.434 e. The van der Waals surface area contributed by atoms with Gasteiger partial charge in [0.15, 0.2) is 0 Å². The van der Waals surface area contributed by atoms with Crippen LogP contribution >= 0.6 is 0 Å². The van der Waals surface area contributed by atoms with Gasteiger partial charge in [-0.3, -0.25) is 0 Å². The van der Waals surface area contributed by atoms with Crippen LogP contribution < -0.4 is 0 Å². The molecule has 0 aliphatic heterocycles. The van der Waals surface area contributed by atoms with E-state index >= 15 is 0 Å². The molecule has 14 heavy (non-hydrogen) atoms. The van der Waals surface area contributed by atoms with Gasteiger partial charge in [0.2, 0.25) is 0 Å². The fourth-order valence-corrected chi connectivity index (χ4v) is 0.666. The number of nitrogens with zero attached hydrogens (tertiary/aromatic N) is 1. The van der Waals surface area contributed by atoms with Gasteiger partial charge in [-0.2, -0.15) is 4.99 Å². The van der Waals surface area contributed by atoms with Crippen molar-refractivity contribution in [2.24, 2.45) is 4.99 Å². The van der Waals surface area contributed by atoms with Crippen LogP contribution in [0.15, 0.2) is 4.99 Å². The number of esters is 1. The van der Waals surface area contributed by atoms with E-state index < -0.39 is 12.1 Å². The number of ether oxygens (including phenoxy) is 2. The Morgan fingerprint density at radius 1 is 1.36 bits per heavy atom. The van der Waals surface area contributed by atoms with Crippen molar-refractivity contribution in [1.82, 2.24) is 0 Å². The fraction of sp³-hybridized carbons (Fsp3) is 0.667. The largest absolute Gasteiger partial charge is 0.465 e. The van der Waals surface area contributed by atoms with Crippen LogP contribution in [0.5, 0.6) is 0 Å². The van der Waals surface area contributed by atoms with Gasteiger partial charge in [0.25, 0.3) is 0 Å². The second kappa shape index (κ2) is 7.06. The van der Waals surface area contributed by atoms with Crippen LogP contribution in [0.3, 0.4) is 0 Å².